The van der Waals surface area contributed by atoms with Gasteiger partial charge in [-0.05, 0) is 17.5 Å². The second kappa shape index (κ2) is 5.35. The summed E-state index contributed by atoms with van der Waals surface area (Å²) in [6.45, 7) is 2.82. The van der Waals surface area contributed by atoms with Gasteiger partial charge in [0.1, 0.15) is 11.6 Å². The Bertz CT molecular complexity index is 501. The van der Waals surface area contributed by atoms with E-state index in [-0.39, 0.29) is 5.95 Å². The van der Waals surface area contributed by atoms with Crippen LogP contribution < -0.4 is 16.8 Å². The van der Waals surface area contributed by atoms with Gasteiger partial charge in [-0.3, -0.25) is 0 Å². The van der Waals surface area contributed by atoms with Crippen LogP contribution in [0.4, 0.5) is 17.6 Å². The molecule has 0 spiro atoms. The zero-order valence-electron chi connectivity index (χ0n) is 10.4. The van der Waals surface area contributed by atoms with Gasteiger partial charge in [-0.15, -0.1) is 0 Å². The van der Waals surface area contributed by atoms with Crippen LogP contribution in [0, 0.1) is 0 Å². The summed E-state index contributed by atoms with van der Waals surface area (Å²) in [4.78, 5) is 7.87. The summed E-state index contributed by atoms with van der Waals surface area (Å²) in [5.74, 6) is 1.18. The topological polar surface area (TPSA) is 89.8 Å². The molecular weight excluding hydrogens is 226 g/mol. The number of nitrogens with one attached hydrogen (secondary N) is 1. The molecule has 5 N–H and O–H groups in total. The first-order valence-electron chi connectivity index (χ1n) is 5.89. The molecule has 0 aliphatic rings. The molecule has 0 amide bonds. The lowest BCUT2D eigenvalue weighted by molar-refractivity contribution is 1.08. The van der Waals surface area contributed by atoms with Crippen LogP contribution >= 0.6 is 0 Å². The van der Waals surface area contributed by atoms with Gasteiger partial charge in [-0.1, -0.05) is 31.2 Å². The summed E-state index contributed by atoms with van der Waals surface area (Å²) in [6, 6.07) is 10.1. The molecule has 1 aromatic heterocycles. The van der Waals surface area contributed by atoms with E-state index in [2.05, 4.69) is 46.5 Å². The Morgan fingerprint density at radius 1 is 1.06 bits per heavy atom. The molecule has 5 heteroatoms. The highest BCUT2D eigenvalue weighted by molar-refractivity contribution is 5.48. The van der Waals surface area contributed by atoms with Crippen molar-refractivity contribution in [2.24, 2.45) is 0 Å². The Morgan fingerprint density at radius 2 is 1.72 bits per heavy atom. The minimum atomic E-state index is 0.179. The predicted molar refractivity (Wildman–Crippen MR) is 74.0 cm³/mol. The number of nitrogen functional groups attached to an aromatic ring is 2. The molecule has 0 radical (unpaired) electrons. The molecule has 2 aromatic rings. The minimum absolute atomic E-state index is 0.179. The second-order valence-corrected chi connectivity index (χ2v) is 4.06. The Balaban J connectivity index is 2.01. The summed E-state index contributed by atoms with van der Waals surface area (Å²) in [6.07, 6.45) is 1.05. The number of aromatic nitrogens is 2. The fourth-order valence-corrected chi connectivity index (χ4v) is 1.66. The highest BCUT2D eigenvalue weighted by Crippen LogP contribution is 2.11. The van der Waals surface area contributed by atoms with Gasteiger partial charge in [-0.2, -0.15) is 9.97 Å². The van der Waals surface area contributed by atoms with E-state index in [1.54, 1.807) is 6.07 Å². The van der Waals surface area contributed by atoms with Crippen molar-refractivity contribution >= 4 is 17.6 Å². The van der Waals surface area contributed by atoms with Crippen molar-refractivity contribution in [3.63, 3.8) is 0 Å². The second-order valence-electron chi connectivity index (χ2n) is 4.06. The molecule has 0 saturated heterocycles. The molecule has 18 heavy (non-hydrogen) atoms. The van der Waals surface area contributed by atoms with Crippen molar-refractivity contribution in [3.8, 4) is 0 Å². The zero-order valence-corrected chi connectivity index (χ0v) is 10.4. The predicted octanol–water partition coefficient (Wildman–Crippen LogP) is 1.82. The van der Waals surface area contributed by atoms with Crippen molar-refractivity contribution in [2.45, 2.75) is 19.9 Å². The van der Waals surface area contributed by atoms with Crippen LogP contribution in [0.1, 0.15) is 18.1 Å². The number of anilines is 3. The number of hydrogen-bond donors (Lipinski definition) is 3. The van der Waals surface area contributed by atoms with Crippen molar-refractivity contribution in [1.82, 2.24) is 9.97 Å². The van der Waals surface area contributed by atoms with Crippen molar-refractivity contribution in [1.29, 1.82) is 0 Å². The largest absolute Gasteiger partial charge is 0.383 e. The summed E-state index contributed by atoms with van der Waals surface area (Å²) in [7, 11) is 0. The van der Waals surface area contributed by atoms with Crippen LogP contribution in [-0.2, 0) is 13.0 Å². The average molecular weight is 243 g/mol. The number of rotatable bonds is 4. The first kappa shape index (κ1) is 12.2. The standard InChI is InChI=1S/C13H17N5/c1-2-9-3-5-10(6-4-9)8-16-12-7-11(14)17-13(15)18-12/h3-7H,2,8H2,1H3,(H5,14,15,16,17,18). The molecule has 94 valence electrons. The summed E-state index contributed by atoms with van der Waals surface area (Å²) in [5.41, 5.74) is 13.6. The average Bonchev–Trinajstić information content (AvgIpc) is 2.36. The molecule has 0 aliphatic carbocycles. The van der Waals surface area contributed by atoms with E-state index in [1.807, 2.05) is 0 Å². The lowest BCUT2D eigenvalue weighted by atomic mass is 10.1. The first-order chi connectivity index (χ1) is 8.67. The Labute approximate surface area is 106 Å². The maximum Gasteiger partial charge on any atom is 0.223 e. The third-order valence-corrected chi connectivity index (χ3v) is 2.67. The third kappa shape index (κ3) is 3.10. The molecule has 0 unspecified atom stereocenters. The number of nitrogens with two attached hydrogens (primary N) is 2. The van der Waals surface area contributed by atoms with Crippen molar-refractivity contribution < 1.29 is 0 Å². The zero-order chi connectivity index (χ0) is 13.0. The lowest BCUT2D eigenvalue weighted by Gasteiger charge is -2.07. The van der Waals surface area contributed by atoms with E-state index in [0.717, 1.165) is 6.42 Å². The number of aryl methyl sites for hydroxylation is 1. The van der Waals surface area contributed by atoms with E-state index in [9.17, 15) is 0 Å². The molecule has 0 atom stereocenters. The SMILES string of the molecule is CCc1ccc(CNc2cc(N)nc(N)n2)cc1. The highest BCUT2D eigenvalue weighted by Gasteiger charge is 1.99. The van der Waals surface area contributed by atoms with E-state index >= 15 is 0 Å². The monoisotopic (exact) mass is 243 g/mol. The smallest absolute Gasteiger partial charge is 0.223 e. The number of benzene rings is 1. The Kier molecular flexibility index (Phi) is 3.62. The lowest BCUT2D eigenvalue weighted by Crippen LogP contribution is -2.06. The van der Waals surface area contributed by atoms with Gasteiger partial charge in [0.15, 0.2) is 0 Å². The summed E-state index contributed by atoms with van der Waals surface area (Å²) < 4.78 is 0. The van der Waals surface area contributed by atoms with Gasteiger partial charge in [0, 0.05) is 12.6 Å². The fraction of sp³-hybridized carbons (Fsp3) is 0.231. The van der Waals surface area contributed by atoms with Crippen molar-refractivity contribution in [3.05, 3.63) is 41.5 Å². The first-order valence-corrected chi connectivity index (χ1v) is 5.89. The third-order valence-electron chi connectivity index (χ3n) is 2.67. The summed E-state index contributed by atoms with van der Waals surface area (Å²) in [5, 5.41) is 3.17. The van der Waals surface area contributed by atoms with Gasteiger partial charge in [0.25, 0.3) is 0 Å². The van der Waals surface area contributed by atoms with Crippen molar-refractivity contribution in [2.75, 3.05) is 16.8 Å². The van der Waals surface area contributed by atoms with Gasteiger partial charge in [0.05, 0.1) is 0 Å². The minimum Gasteiger partial charge on any atom is -0.383 e. The molecule has 1 aromatic carbocycles. The van der Waals surface area contributed by atoms with Crippen LogP contribution in [0.25, 0.3) is 0 Å². The van der Waals surface area contributed by atoms with E-state index in [1.165, 1.54) is 11.1 Å². The van der Waals surface area contributed by atoms with Crippen LogP contribution in [0.2, 0.25) is 0 Å². The molecule has 1 heterocycles. The maximum atomic E-state index is 5.60. The number of nitrogens with zero attached hydrogens (tertiary/aromatic N) is 2. The maximum absolute atomic E-state index is 5.60. The Hall–Kier alpha value is -2.30. The van der Waals surface area contributed by atoms with Crippen LogP contribution in [0.5, 0.6) is 0 Å². The van der Waals surface area contributed by atoms with E-state index in [4.69, 9.17) is 11.5 Å². The highest BCUT2D eigenvalue weighted by atomic mass is 15.1. The van der Waals surface area contributed by atoms with Gasteiger partial charge in [0.2, 0.25) is 5.95 Å². The van der Waals surface area contributed by atoms with Gasteiger partial charge >= 0.3 is 0 Å². The molecule has 0 bridgehead atoms. The molecule has 0 saturated carbocycles. The van der Waals surface area contributed by atoms with E-state index in [0.29, 0.717) is 18.2 Å². The number of hydrogen-bond acceptors (Lipinski definition) is 5. The molecule has 0 fully saturated rings. The van der Waals surface area contributed by atoms with Crippen LogP contribution in [-0.4, -0.2) is 9.97 Å². The van der Waals surface area contributed by atoms with Crippen LogP contribution in [0.3, 0.4) is 0 Å². The molecule has 0 aliphatic heterocycles. The van der Waals surface area contributed by atoms with Crippen LogP contribution in [0.15, 0.2) is 30.3 Å². The van der Waals surface area contributed by atoms with Gasteiger partial charge < -0.3 is 16.8 Å². The fourth-order valence-electron chi connectivity index (χ4n) is 1.66. The summed E-state index contributed by atoms with van der Waals surface area (Å²) >= 11 is 0. The molecule has 2 rings (SSSR count). The normalized spacial score (nSPS) is 10.3. The van der Waals surface area contributed by atoms with E-state index < -0.39 is 0 Å². The quantitative estimate of drug-likeness (QED) is 0.762. The molecule has 5 nitrogen and oxygen atoms in total. The van der Waals surface area contributed by atoms with Gasteiger partial charge in [-0.25, -0.2) is 0 Å². The molecular formula is C13H17N5. The Morgan fingerprint density at radius 3 is 2.33 bits per heavy atom.